The fourth-order valence-electron chi connectivity index (χ4n) is 1.74. The van der Waals surface area contributed by atoms with Crippen molar-refractivity contribution in [3.8, 4) is 11.4 Å². The molecule has 0 fully saturated rings. The highest BCUT2D eigenvalue weighted by Gasteiger charge is 2.11. The number of rotatable bonds is 4. The number of nitrogens with one attached hydrogen (secondary N) is 1. The fourth-order valence-corrected chi connectivity index (χ4v) is 2.82. The summed E-state index contributed by atoms with van der Waals surface area (Å²) < 4.78 is 2.17. The molecule has 3 nitrogen and oxygen atoms in total. The van der Waals surface area contributed by atoms with Crippen LogP contribution in [0.4, 0.5) is 5.82 Å². The van der Waals surface area contributed by atoms with E-state index < -0.39 is 0 Å². The maximum absolute atomic E-state index is 4.66. The second-order valence-electron chi connectivity index (χ2n) is 4.05. The molecule has 0 atom stereocenters. The van der Waals surface area contributed by atoms with E-state index in [9.17, 15) is 0 Å². The van der Waals surface area contributed by atoms with Gasteiger partial charge in [0.15, 0.2) is 5.82 Å². The van der Waals surface area contributed by atoms with Gasteiger partial charge in [0.25, 0.3) is 0 Å². The summed E-state index contributed by atoms with van der Waals surface area (Å²) in [6, 6.07) is 8.08. The zero-order chi connectivity index (χ0) is 13.8. The van der Waals surface area contributed by atoms with Crippen molar-refractivity contribution in [3.05, 3.63) is 38.0 Å². The molecule has 0 amide bonds. The van der Waals surface area contributed by atoms with Gasteiger partial charge in [-0.2, -0.15) is 0 Å². The molecule has 1 aromatic heterocycles. The SMILES string of the molecule is CCNc1nc(-c2ccc(Br)cc2)nc(CC)c1I. The molecule has 19 heavy (non-hydrogen) atoms. The molecule has 5 heteroatoms. The lowest BCUT2D eigenvalue weighted by Crippen LogP contribution is -2.07. The topological polar surface area (TPSA) is 37.8 Å². The molecule has 0 aliphatic carbocycles. The smallest absolute Gasteiger partial charge is 0.161 e. The third-order valence-corrected chi connectivity index (χ3v) is 4.36. The first-order valence-electron chi connectivity index (χ1n) is 6.22. The monoisotopic (exact) mass is 431 g/mol. The summed E-state index contributed by atoms with van der Waals surface area (Å²) in [7, 11) is 0. The molecule has 2 rings (SSSR count). The van der Waals surface area contributed by atoms with Gasteiger partial charge in [0.1, 0.15) is 5.82 Å². The number of hydrogen-bond donors (Lipinski definition) is 1. The quantitative estimate of drug-likeness (QED) is 0.724. The fraction of sp³-hybridized carbons (Fsp3) is 0.286. The molecule has 1 aromatic carbocycles. The highest BCUT2D eigenvalue weighted by molar-refractivity contribution is 14.1. The molecule has 0 spiro atoms. The summed E-state index contributed by atoms with van der Waals surface area (Å²) in [5.74, 6) is 1.70. The molecule has 0 radical (unpaired) electrons. The number of halogens is 2. The molecule has 0 saturated carbocycles. The Morgan fingerprint density at radius 2 is 1.84 bits per heavy atom. The largest absolute Gasteiger partial charge is 0.369 e. The van der Waals surface area contributed by atoms with E-state index in [0.717, 1.165) is 43.9 Å². The lowest BCUT2D eigenvalue weighted by Gasteiger charge is -2.11. The minimum Gasteiger partial charge on any atom is -0.369 e. The number of nitrogens with zero attached hydrogens (tertiary/aromatic N) is 2. The molecule has 0 aliphatic heterocycles. The van der Waals surface area contributed by atoms with E-state index in [1.54, 1.807) is 0 Å². The van der Waals surface area contributed by atoms with Crippen LogP contribution in [0.5, 0.6) is 0 Å². The van der Waals surface area contributed by atoms with E-state index in [4.69, 9.17) is 0 Å². The molecule has 0 aliphatic rings. The lowest BCUT2D eigenvalue weighted by atomic mass is 10.2. The Hall–Kier alpha value is -0.690. The van der Waals surface area contributed by atoms with Crippen LogP contribution in [0.2, 0.25) is 0 Å². The summed E-state index contributed by atoms with van der Waals surface area (Å²) in [5, 5.41) is 3.30. The highest BCUT2D eigenvalue weighted by Crippen LogP contribution is 2.25. The van der Waals surface area contributed by atoms with Crippen LogP contribution in [-0.4, -0.2) is 16.5 Å². The number of benzene rings is 1. The second-order valence-corrected chi connectivity index (χ2v) is 6.04. The number of anilines is 1. The second kappa shape index (κ2) is 6.65. The maximum atomic E-state index is 4.66. The van der Waals surface area contributed by atoms with Gasteiger partial charge in [0.05, 0.1) is 9.26 Å². The van der Waals surface area contributed by atoms with Gasteiger partial charge in [-0.25, -0.2) is 9.97 Å². The maximum Gasteiger partial charge on any atom is 0.161 e. The zero-order valence-corrected chi connectivity index (χ0v) is 14.6. The average molecular weight is 432 g/mol. The molecular formula is C14H15BrIN3. The van der Waals surface area contributed by atoms with Gasteiger partial charge in [-0.1, -0.05) is 35.0 Å². The average Bonchev–Trinajstić information content (AvgIpc) is 2.42. The normalized spacial score (nSPS) is 10.5. The standard InChI is InChI=1S/C14H15BrIN3/c1-3-11-12(16)14(17-4-2)19-13(18-11)9-5-7-10(15)8-6-9/h5-8H,3-4H2,1-2H3,(H,17,18,19). The first-order valence-corrected chi connectivity index (χ1v) is 8.09. The minimum atomic E-state index is 0.778. The van der Waals surface area contributed by atoms with E-state index in [2.05, 4.69) is 67.7 Å². The van der Waals surface area contributed by atoms with E-state index in [1.807, 2.05) is 24.3 Å². The van der Waals surface area contributed by atoms with Crippen LogP contribution in [0.3, 0.4) is 0 Å². The van der Waals surface area contributed by atoms with Crippen LogP contribution < -0.4 is 5.32 Å². The Labute approximate surface area is 135 Å². The van der Waals surface area contributed by atoms with Gasteiger partial charge in [0.2, 0.25) is 0 Å². The van der Waals surface area contributed by atoms with Gasteiger partial charge in [-0.3, -0.25) is 0 Å². The van der Waals surface area contributed by atoms with Crippen LogP contribution in [0.25, 0.3) is 11.4 Å². The van der Waals surface area contributed by atoms with Crippen molar-refractivity contribution in [1.29, 1.82) is 0 Å². The molecule has 0 unspecified atom stereocenters. The minimum absolute atomic E-state index is 0.778. The third-order valence-electron chi connectivity index (χ3n) is 2.70. The Morgan fingerprint density at radius 3 is 2.42 bits per heavy atom. The van der Waals surface area contributed by atoms with Gasteiger partial charge < -0.3 is 5.32 Å². The van der Waals surface area contributed by atoms with Crippen molar-refractivity contribution < 1.29 is 0 Å². The summed E-state index contributed by atoms with van der Waals surface area (Å²) in [5.41, 5.74) is 2.12. The zero-order valence-electron chi connectivity index (χ0n) is 10.9. The van der Waals surface area contributed by atoms with Crippen molar-refractivity contribution in [3.63, 3.8) is 0 Å². The van der Waals surface area contributed by atoms with Crippen LogP contribution >= 0.6 is 38.5 Å². The molecule has 1 N–H and O–H groups in total. The van der Waals surface area contributed by atoms with Gasteiger partial charge in [0, 0.05) is 16.6 Å². The molecule has 100 valence electrons. The summed E-state index contributed by atoms with van der Waals surface area (Å²) in [4.78, 5) is 9.29. The van der Waals surface area contributed by atoms with E-state index >= 15 is 0 Å². The van der Waals surface area contributed by atoms with Gasteiger partial charge in [-0.15, -0.1) is 0 Å². The van der Waals surface area contributed by atoms with E-state index in [0.29, 0.717) is 0 Å². The van der Waals surface area contributed by atoms with Crippen LogP contribution in [0.1, 0.15) is 19.5 Å². The number of aryl methyl sites for hydroxylation is 1. The summed E-state index contributed by atoms with van der Waals surface area (Å²) in [6.45, 7) is 5.05. The van der Waals surface area contributed by atoms with E-state index in [1.165, 1.54) is 0 Å². The molecule has 0 bridgehead atoms. The first kappa shape index (κ1) is 14.7. The molecular weight excluding hydrogens is 417 g/mol. The number of aromatic nitrogens is 2. The van der Waals surface area contributed by atoms with E-state index in [-0.39, 0.29) is 0 Å². The lowest BCUT2D eigenvalue weighted by molar-refractivity contribution is 0.982. The predicted molar refractivity (Wildman–Crippen MR) is 91.4 cm³/mol. The van der Waals surface area contributed by atoms with Crippen molar-refractivity contribution in [2.24, 2.45) is 0 Å². The Morgan fingerprint density at radius 1 is 1.16 bits per heavy atom. The molecule has 2 aromatic rings. The van der Waals surface area contributed by atoms with Crippen molar-refractivity contribution in [1.82, 2.24) is 9.97 Å². The summed E-state index contributed by atoms with van der Waals surface area (Å²) >= 11 is 5.75. The highest BCUT2D eigenvalue weighted by atomic mass is 127. The van der Waals surface area contributed by atoms with Gasteiger partial charge in [-0.05, 0) is 48.1 Å². The Bertz CT molecular complexity index is 570. The van der Waals surface area contributed by atoms with Crippen molar-refractivity contribution in [2.45, 2.75) is 20.3 Å². The first-order chi connectivity index (χ1) is 9.15. The Balaban J connectivity index is 2.51. The Kier molecular flexibility index (Phi) is 5.15. The summed E-state index contributed by atoms with van der Waals surface area (Å²) in [6.07, 6.45) is 0.905. The van der Waals surface area contributed by atoms with Crippen LogP contribution in [0.15, 0.2) is 28.7 Å². The van der Waals surface area contributed by atoms with Crippen molar-refractivity contribution >= 4 is 44.3 Å². The van der Waals surface area contributed by atoms with Crippen molar-refractivity contribution in [2.75, 3.05) is 11.9 Å². The molecule has 1 heterocycles. The van der Waals surface area contributed by atoms with Crippen LogP contribution in [-0.2, 0) is 6.42 Å². The molecule has 0 saturated heterocycles. The van der Waals surface area contributed by atoms with Gasteiger partial charge >= 0.3 is 0 Å². The third kappa shape index (κ3) is 3.45. The predicted octanol–water partition coefficient (Wildman–Crippen LogP) is 4.50. The number of hydrogen-bond acceptors (Lipinski definition) is 3. The van der Waals surface area contributed by atoms with Crippen LogP contribution in [0, 0.1) is 3.57 Å².